The third kappa shape index (κ3) is 8.52. The minimum absolute atomic E-state index is 0.132. The number of amides is 1. The van der Waals surface area contributed by atoms with E-state index in [1.54, 1.807) is 44.2 Å². The molecule has 8 heteroatoms. The van der Waals surface area contributed by atoms with Crippen molar-refractivity contribution in [3.05, 3.63) is 35.9 Å². The minimum atomic E-state index is -4.50. The number of benzene rings is 1. The maximum atomic E-state index is 12.0. The van der Waals surface area contributed by atoms with Gasteiger partial charge in [-0.05, 0) is 19.4 Å². The monoisotopic (exact) mass is 347 g/mol. The molecule has 0 aromatic heterocycles. The number of nitrogens with one attached hydrogen (secondary N) is 1. The van der Waals surface area contributed by atoms with Crippen LogP contribution in [0.4, 0.5) is 13.2 Å². The van der Waals surface area contributed by atoms with E-state index in [2.05, 4.69) is 10.1 Å². The minimum Gasteiger partial charge on any atom is -0.463 e. The molecule has 1 rings (SSSR count). The van der Waals surface area contributed by atoms with E-state index in [1.165, 1.54) is 0 Å². The Hall–Kier alpha value is -2.09. The fourth-order valence-electron chi connectivity index (χ4n) is 1.91. The van der Waals surface area contributed by atoms with Crippen molar-refractivity contribution in [1.82, 2.24) is 5.32 Å². The molecular weight excluding hydrogens is 327 g/mol. The highest BCUT2D eigenvalue weighted by molar-refractivity contribution is 5.79. The highest BCUT2D eigenvalue weighted by Gasteiger charge is 2.28. The van der Waals surface area contributed by atoms with Gasteiger partial charge in [0, 0.05) is 0 Å². The van der Waals surface area contributed by atoms with Crippen molar-refractivity contribution in [3.63, 3.8) is 0 Å². The van der Waals surface area contributed by atoms with Crippen LogP contribution in [0.15, 0.2) is 30.3 Å². The van der Waals surface area contributed by atoms with Gasteiger partial charge in [-0.1, -0.05) is 30.3 Å². The number of esters is 1. The summed E-state index contributed by atoms with van der Waals surface area (Å²) < 4.78 is 45.4. The quantitative estimate of drug-likeness (QED) is 0.735. The van der Waals surface area contributed by atoms with Crippen LogP contribution in [0.2, 0.25) is 0 Å². The third-order valence-electron chi connectivity index (χ3n) is 2.77. The van der Waals surface area contributed by atoms with Gasteiger partial charge >= 0.3 is 12.1 Å². The molecule has 1 aromatic carbocycles. The van der Waals surface area contributed by atoms with Crippen LogP contribution >= 0.6 is 0 Å². The van der Waals surface area contributed by atoms with E-state index in [0.29, 0.717) is 5.56 Å². The number of ether oxygens (including phenoxy) is 2. The molecule has 1 aromatic rings. The van der Waals surface area contributed by atoms with E-state index in [-0.39, 0.29) is 12.5 Å². The number of halogens is 3. The van der Waals surface area contributed by atoms with Crippen LogP contribution in [0.25, 0.3) is 0 Å². The Morgan fingerprint density at radius 1 is 1.17 bits per heavy atom. The van der Waals surface area contributed by atoms with Crippen LogP contribution < -0.4 is 5.32 Å². The van der Waals surface area contributed by atoms with Crippen molar-refractivity contribution in [1.29, 1.82) is 0 Å². The van der Waals surface area contributed by atoms with Crippen molar-refractivity contribution in [2.75, 3.05) is 13.2 Å². The molecule has 134 valence electrons. The van der Waals surface area contributed by atoms with Gasteiger partial charge in [-0.15, -0.1) is 0 Å². The molecule has 0 saturated carbocycles. The Labute approximate surface area is 138 Å². The Kier molecular flexibility index (Phi) is 7.70. The summed E-state index contributed by atoms with van der Waals surface area (Å²) in [5.41, 5.74) is 0.641. The van der Waals surface area contributed by atoms with Gasteiger partial charge in [0.05, 0.1) is 18.6 Å². The first kappa shape index (κ1) is 20.0. The Bertz CT molecular complexity index is 532. The predicted molar refractivity (Wildman–Crippen MR) is 80.0 cm³/mol. The lowest BCUT2D eigenvalue weighted by Gasteiger charge is -2.19. The smallest absolute Gasteiger partial charge is 0.411 e. The Balaban J connectivity index is 2.65. The second kappa shape index (κ2) is 9.27. The van der Waals surface area contributed by atoms with Crippen LogP contribution in [0.3, 0.4) is 0 Å². The van der Waals surface area contributed by atoms with E-state index < -0.39 is 37.3 Å². The maximum Gasteiger partial charge on any atom is 0.411 e. The number of hydrogen-bond acceptors (Lipinski definition) is 4. The normalized spacial score (nSPS) is 12.8. The molecule has 5 nitrogen and oxygen atoms in total. The first-order valence-electron chi connectivity index (χ1n) is 7.35. The lowest BCUT2D eigenvalue weighted by molar-refractivity contribution is -0.175. The van der Waals surface area contributed by atoms with Crippen LogP contribution in [0.5, 0.6) is 0 Å². The fourth-order valence-corrected chi connectivity index (χ4v) is 1.91. The predicted octanol–water partition coefficient (Wildman–Crippen LogP) is 2.76. The van der Waals surface area contributed by atoms with Gasteiger partial charge in [0.25, 0.3) is 0 Å². The van der Waals surface area contributed by atoms with Crippen molar-refractivity contribution in [2.45, 2.75) is 38.6 Å². The molecule has 0 aliphatic carbocycles. The summed E-state index contributed by atoms with van der Waals surface area (Å²) in [6, 6.07) is 7.90. The second-order valence-electron chi connectivity index (χ2n) is 5.38. The van der Waals surface area contributed by atoms with E-state index >= 15 is 0 Å². The average Bonchev–Trinajstić information content (AvgIpc) is 2.45. The van der Waals surface area contributed by atoms with E-state index in [9.17, 15) is 22.8 Å². The zero-order chi connectivity index (χ0) is 18.2. The lowest BCUT2D eigenvalue weighted by atomic mass is 10.0. The van der Waals surface area contributed by atoms with Crippen molar-refractivity contribution < 1.29 is 32.2 Å². The van der Waals surface area contributed by atoms with Gasteiger partial charge < -0.3 is 14.8 Å². The summed E-state index contributed by atoms with van der Waals surface area (Å²) in [5, 5.41) is 2.49. The second-order valence-corrected chi connectivity index (χ2v) is 5.38. The number of carbonyl (C=O) groups is 2. The molecule has 1 unspecified atom stereocenters. The van der Waals surface area contributed by atoms with Crippen molar-refractivity contribution in [3.8, 4) is 0 Å². The average molecular weight is 347 g/mol. The number of hydrogen-bond donors (Lipinski definition) is 1. The zero-order valence-corrected chi connectivity index (χ0v) is 13.4. The van der Waals surface area contributed by atoms with E-state index in [1.807, 2.05) is 0 Å². The molecule has 0 spiro atoms. The number of rotatable bonds is 8. The van der Waals surface area contributed by atoms with Crippen LogP contribution in [0.1, 0.15) is 31.9 Å². The summed E-state index contributed by atoms with van der Waals surface area (Å²) in [6.07, 6.45) is -4.94. The van der Waals surface area contributed by atoms with Crippen molar-refractivity contribution >= 4 is 11.9 Å². The highest BCUT2D eigenvalue weighted by Crippen LogP contribution is 2.18. The molecular formula is C16H20F3NO4. The van der Waals surface area contributed by atoms with Gasteiger partial charge in [-0.2, -0.15) is 13.2 Å². The SMILES string of the molecule is CC(C)OC(=O)CC(NC(=O)COCC(F)(F)F)c1ccccc1. The third-order valence-corrected chi connectivity index (χ3v) is 2.77. The van der Waals surface area contributed by atoms with E-state index in [4.69, 9.17) is 4.74 Å². The van der Waals surface area contributed by atoms with Gasteiger partial charge in [0.15, 0.2) is 0 Å². The Morgan fingerprint density at radius 3 is 2.33 bits per heavy atom. The molecule has 1 N–H and O–H groups in total. The van der Waals surface area contributed by atoms with Crippen LogP contribution in [0, 0.1) is 0 Å². The molecule has 0 bridgehead atoms. The summed E-state index contributed by atoms with van der Waals surface area (Å²) in [4.78, 5) is 23.6. The molecule has 1 amide bonds. The molecule has 0 fully saturated rings. The van der Waals surface area contributed by atoms with Crippen LogP contribution in [-0.2, 0) is 19.1 Å². The van der Waals surface area contributed by atoms with Gasteiger partial charge in [0.2, 0.25) is 5.91 Å². The summed E-state index contributed by atoms with van der Waals surface area (Å²) in [6.45, 7) is 1.13. The van der Waals surface area contributed by atoms with E-state index in [0.717, 1.165) is 0 Å². The molecule has 1 atom stereocenters. The molecule has 0 aliphatic heterocycles. The topological polar surface area (TPSA) is 64.6 Å². The van der Waals surface area contributed by atoms with Crippen molar-refractivity contribution in [2.24, 2.45) is 0 Å². The van der Waals surface area contributed by atoms with Gasteiger partial charge in [-0.3, -0.25) is 9.59 Å². The first-order valence-corrected chi connectivity index (χ1v) is 7.35. The maximum absolute atomic E-state index is 12.0. The molecule has 0 heterocycles. The molecule has 0 saturated heterocycles. The van der Waals surface area contributed by atoms with Gasteiger partial charge in [0.1, 0.15) is 13.2 Å². The molecule has 0 aliphatic rings. The summed E-state index contributed by atoms with van der Waals surface area (Å²) in [5.74, 6) is -1.26. The number of carbonyl (C=O) groups excluding carboxylic acids is 2. The van der Waals surface area contributed by atoms with Gasteiger partial charge in [-0.25, -0.2) is 0 Å². The zero-order valence-electron chi connectivity index (χ0n) is 13.4. The fraction of sp³-hybridized carbons (Fsp3) is 0.500. The molecule has 0 radical (unpaired) electrons. The molecule has 24 heavy (non-hydrogen) atoms. The Morgan fingerprint density at radius 2 is 1.79 bits per heavy atom. The first-order chi connectivity index (χ1) is 11.2. The lowest BCUT2D eigenvalue weighted by Crippen LogP contribution is -2.34. The largest absolute Gasteiger partial charge is 0.463 e. The summed E-state index contributed by atoms with van der Waals surface area (Å²) in [7, 11) is 0. The highest BCUT2D eigenvalue weighted by atomic mass is 19.4. The number of alkyl halides is 3. The summed E-state index contributed by atoms with van der Waals surface area (Å²) >= 11 is 0. The standard InChI is InChI=1S/C16H20F3NO4/c1-11(2)24-15(22)8-13(12-6-4-3-5-7-12)20-14(21)9-23-10-16(17,18)19/h3-7,11,13H,8-10H2,1-2H3,(H,20,21). The van der Waals surface area contributed by atoms with Crippen LogP contribution in [-0.4, -0.2) is 37.4 Å².